The summed E-state index contributed by atoms with van der Waals surface area (Å²) < 4.78 is 0. The lowest BCUT2D eigenvalue weighted by atomic mass is 10.00. The minimum atomic E-state index is 0.526. The highest BCUT2D eigenvalue weighted by molar-refractivity contribution is 5.75. The summed E-state index contributed by atoms with van der Waals surface area (Å²) in [4.78, 5) is 11.2. The molecule has 3 rings (SSSR count). The van der Waals surface area contributed by atoms with Crippen LogP contribution in [0, 0.1) is 0 Å². The van der Waals surface area contributed by atoms with E-state index in [1.807, 2.05) is 0 Å². The van der Waals surface area contributed by atoms with Crippen LogP contribution in [-0.2, 0) is 0 Å². The van der Waals surface area contributed by atoms with Crippen molar-refractivity contribution in [3.63, 3.8) is 0 Å². The quantitative estimate of drug-likeness (QED) is 0.891. The normalized spacial score (nSPS) is 23.5. The number of nitrogens with one attached hydrogen (secondary N) is 1. The number of aromatic nitrogens is 2. The third kappa shape index (κ3) is 3.06. The fourth-order valence-corrected chi connectivity index (χ4v) is 3.70. The Morgan fingerprint density at radius 3 is 2.71 bits per heavy atom. The first-order valence-corrected chi connectivity index (χ1v) is 8.43. The molecule has 2 aliphatic rings. The van der Waals surface area contributed by atoms with Crippen molar-refractivity contribution in [1.29, 1.82) is 0 Å². The number of rotatable bonds is 4. The molecule has 116 valence electrons. The van der Waals surface area contributed by atoms with Crippen LogP contribution < -0.4 is 16.0 Å². The Labute approximate surface area is 127 Å². The van der Waals surface area contributed by atoms with Crippen LogP contribution in [0.1, 0.15) is 58.3 Å². The van der Waals surface area contributed by atoms with E-state index in [4.69, 9.17) is 5.73 Å². The predicted molar refractivity (Wildman–Crippen MR) is 87.6 cm³/mol. The fourth-order valence-electron chi connectivity index (χ4n) is 3.70. The first kappa shape index (κ1) is 14.4. The van der Waals surface area contributed by atoms with Crippen molar-refractivity contribution in [2.45, 2.75) is 70.4 Å². The highest BCUT2D eigenvalue weighted by atomic mass is 15.2. The Bertz CT molecular complexity index is 470. The largest absolute Gasteiger partial charge is 0.393 e. The predicted octanol–water partition coefficient (Wildman–Crippen LogP) is 3.18. The maximum atomic E-state index is 6.38. The molecule has 1 atom stereocenters. The smallest absolute Gasteiger partial charge is 0.157 e. The monoisotopic (exact) mass is 289 g/mol. The molecule has 2 heterocycles. The molecule has 5 nitrogen and oxygen atoms in total. The van der Waals surface area contributed by atoms with Crippen molar-refractivity contribution in [2.24, 2.45) is 0 Å². The summed E-state index contributed by atoms with van der Waals surface area (Å²) in [6, 6.07) is 1.09. The van der Waals surface area contributed by atoms with Gasteiger partial charge in [-0.1, -0.05) is 19.8 Å². The first-order chi connectivity index (χ1) is 10.3. The van der Waals surface area contributed by atoms with Gasteiger partial charge in [-0.2, -0.15) is 0 Å². The van der Waals surface area contributed by atoms with Crippen LogP contribution in [0.25, 0.3) is 0 Å². The van der Waals surface area contributed by atoms with Gasteiger partial charge in [-0.25, -0.2) is 9.97 Å². The summed E-state index contributed by atoms with van der Waals surface area (Å²) in [5.41, 5.74) is 7.11. The molecule has 1 aromatic heterocycles. The SMILES string of the molecule is CCC1CCCCN1c1ncnc(NC2CCCC2)c1N. The number of piperidine rings is 1. The summed E-state index contributed by atoms with van der Waals surface area (Å²) >= 11 is 0. The van der Waals surface area contributed by atoms with E-state index < -0.39 is 0 Å². The Morgan fingerprint density at radius 1 is 1.19 bits per heavy atom. The van der Waals surface area contributed by atoms with Gasteiger partial charge in [-0.05, 0) is 38.5 Å². The topological polar surface area (TPSA) is 67.1 Å². The van der Waals surface area contributed by atoms with E-state index in [1.54, 1.807) is 6.33 Å². The van der Waals surface area contributed by atoms with Gasteiger partial charge in [-0.15, -0.1) is 0 Å². The lowest BCUT2D eigenvalue weighted by molar-refractivity contribution is 0.447. The van der Waals surface area contributed by atoms with Crippen LogP contribution in [0.15, 0.2) is 6.33 Å². The van der Waals surface area contributed by atoms with Gasteiger partial charge in [0.05, 0.1) is 0 Å². The van der Waals surface area contributed by atoms with Crippen LogP contribution in [-0.4, -0.2) is 28.6 Å². The lowest BCUT2D eigenvalue weighted by Gasteiger charge is -2.37. The molecular weight excluding hydrogens is 262 g/mol. The van der Waals surface area contributed by atoms with Gasteiger partial charge < -0.3 is 16.0 Å². The van der Waals surface area contributed by atoms with E-state index in [-0.39, 0.29) is 0 Å². The molecule has 3 N–H and O–H groups in total. The van der Waals surface area contributed by atoms with E-state index in [0.717, 1.165) is 30.3 Å². The number of anilines is 3. The Hall–Kier alpha value is -1.52. The van der Waals surface area contributed by atoms with Crippen molar-refractivity contribution >= 4 is 17.3 Å². The number of hydrogen-bond acceptors (Lipinski definition) is 5. The highest BCUT2D eigenvalue weighted by Crippen LogP contribution is 2.33. The molecule has 1 saturated heterocycles. The summed E-state index contributed by atoms with van der Waals surface area (Å²) in [6.07, 6.45) is 11.6. The molecule has 21 heavy (non-hydrogen) atoms. The van der Waals surface area contributed by atoms with Crippen molar-refractivity contribution in [3.8, 4) is 0 Å². The molecule has 1 saturated carbocycles. The minimum Gasteiger partial charge on any atom is -0.393 e. The van der Waals surface area contributed by atoms with Crippen LogP contribution in [0.2, 0.25) is 0 Å². The maximum Gasteiger partial charge on any atom is 0.157 e. The van der Waals surface area contributed by atoms with Gasteiger partial charge >= 0.3 is 0 Å². The third-order valence-electron chi connectivity index (χ3n) is 4.93. The third-order valence-corrected chi connectivity index (χ3v) is 4.93. The van der Waals surface area contributed by atoms with Crippen LogP contribution in [0.5, 0.6) is 0 Å². The van der Waals surface area contributed by atoms with Crippen molar-refractivity contribution in [1.82, 2.24) is 9.97 Å². The summed E-state index contributed by atoms with van der Waals surface area (Å²) in [6.45, 7) is 3.31. The van der Waals surface area contributed by atoms with Crippen molar-refractivity contribution in [2.75, 3.05) is 22.5 Å². The second-order valence-electron chi connectivity index (χ2n) is 6.34. The van der Waals surface area contributed by atoms with Gasteiger partial charge in [-0.3, -0.25) is 0 Å². The van der Waals surface area contributed by atoms with Crippen LogP contribution in [0.4, 0.5) is 17.3 Å². The zero-order chi connectivity index (χ0) is 14.7. The van der Waals surface area contributed by atoms with Gasteiger partial charge in [0.25, 0.3) is 0 Å². The number of hydrogen-bond donors (Lipinski definition) is 2. The molecule has 0 spiro atoms. The number of nitrogens with zero attached hydrogens (tertiary/aromatic N) is 3. The molecule has 0 amide bonds. The summed E-state index contributed by atoms with van der Waals surface area (Å²) in [5.74, 6) is 1.75. The average Bonchev–Trinajstić information content (AvgIpc) is 3.02. The molecule has 1 unspecified atom stereocenters. The molecule has 0 aromatic carbocycles. The summed E-state index contributed by atoms with van der Waals surface area (Å²) in [7, 11) is 0. The first-order valence-electron chi connectivity index (χ1n) is 8.43. The van der Waals surface area contributed by atoms with Crippen LogP contribution >= 0.6 is 0 Å². The van der Waals surface area contributed by atoms with Crippen molar-refractivity contribution in [3.05, 3.63) is 6.33 Å². The highest BCUT2D eigenvalue weighted by Gasteiger charge is 2.25. The van der Waals surface area contributed by atoms with E-state index in [0.29, 0.717) is 12.1 Å². The number of nitrogens with two attached hydrogens (primary N) is 1. The molecule has 5 heteroatoms. The van der Waals surface area contributed by atoms with E-state index in [9.17, 15) is 0 Å². The van der Waals surface area contributed by atoms with Gasteiger partial charge in [0.2, 0.25) is 0 Å². The molecule has 0 bridgehead atoms. The van der Waals surface area contributed by atoms with Crippen molar-refractivity contribution < 1.29 is 0 Å². The minimum absolute atomic E-state index is 0.526. The fraction of sp³-hybridized carbons (Fsp3) is 0.750. The molecule has 1 aromatic rings. The van der Waals surface area contributed by atoms with Gasteiger partial charge in [0.1, 0.15) is 12.0 Å². The standard InChI is InChI=1S/C16H27N5/c1-2-13-9-5-6-10-21(13)16-14(17)15(18-11-19-16)20-12-7-3-4-8-12/h11-13H,2-10,17H2,1H3,(H,18,19,20). The molecule has 1 aliphatic heterocycles. The van der Waals surface area contributed by atoms with E-state index in [2.05, 4.69) is 27.1 Å². The Balaban J connectivity index is 1.81. The van der Waals surface area contributed by atoms with E-state index >= 15 is 0 Å². The van der Waals surface area contributed by atoms with Crippen LogP contribution in [0.3, 0.4) is 0 Å². The zero-order valence-electron chi connectivity index (χ0n) is 13.0. The Kier molecular flexibility index (Phi) is 4.46. The maximum absolute atomic E-state index is 6.38. The average molecular weight is 289 g/mol. The summed E-state index contributed by atoms with van der Waals surface area (Å²) in [5, 5.41) is 3.52. The zero-order valence-corrected chi connectivity index (χ0v) is 13.0. The molecule has 0 radical (unpaired) electrons. The van der Waals surface area contributed by atoms with E-state index in [1.165, 1.54) is 44.9 Å². The Morgan fingerprint density at radius 2 is 1.95 bits per heavy atom. The molecule has 1 aliphatic carbocycles. The second-order valence-corrected chi connectivity index (χ2v) is 6.34. The van der Waals surface area contributed by atoms with Gasteiger partial charge in [0, 0.05) is 18.6 Å². The number of nitrogen functional groups attached to an aromatic ring is 1. The van der Waals surface area contributed by atoms with Gasteiger partial charge in [0.15, 0.2) is 11.6 Å². The molecule has 2 fully saturated rings. The second kappa shape index (κ2) is 6.50. The lowest BCUT2D eigenvalue weighted by Crippen LogP contribution is -2.40. The molecular formula is C16H27N5.